The van der Waals surface area contributed by atoms with Crippen molar-refractivity contribution in [2.75, 3.05) is 0 Å². The van der Waals surface area contributed by atoms with Gasteiger partial charge in [0.15, 0.2) is 6.10 Å². The van der Waals surface area contributed by atoms with Crippen LogP contribution in [-0.2, 0) is 166 Å². The molecule has 0 saturated heterocycles. The summed E-state index contributed by atoms with van der Waals surface area (Å²) in [5.74, 6) is -1.11. The van der Waals surface area contributed by atoms with Crippen molar-refractivity contribution in [3.8, 4) is 0 Å². The maximum atomic E-state index is 16.1. The number of benzene rings is 7. The summed E-state index contributed by atoms with van der Waals surface area (Å²) in [5.41, 5.74) is 5.26. The summed E-state index contributed by atoms with van der Waals surface area (Å²) >= 11 is 0. The van der Waals surface area contributed by atoms with Gasteiger partial charge in [0, 0.05) is 6.92 Å². The van der Waals surface area contributed by atoms with Crippen LogP contribution in [0.4, 0.5) is 0 Å². The van der Waals surface area contributed by atoms with Crippen molar-refractivity contribution in [1.82, 2.24) is 0 Å². The minimum Gasteiger partial charge on any atom is -0.457 e. The largest absolute Gasteiger partial charge is 0.475 e. The Balaban J connectivity index is 1.11. The van der Waals surface area contributed by atoms with Gasteiger partial charge in [0.25, 0.3) is 0 Å². The highest BCUT2D eigenvalue weighted by atomic mass is 31.2. The minimum absolute atomic E-state index is 0.373. The van der Waals surface area contributed by atoms with Gasteiger partial charge in [-0.25, -0.2) is 22.8 Å². The summed E-state index contributed by atoms with van der Waals surface area (Å²) in [6.45, 7) is -3.05. The van der Waals surface area contributed by atoms with Gasteiger partial charge in [-0.2, -0.15) is 0 Å². The molecule has 22 nitrogen and oxygen atoms in total. The predicted octanol–water partition coefficient (Wildman–Crippen LogP) is 14.5. The number of phosphoric acid groups is 5. The fraction of sp³-hybridized carbons (Fsp3) is 0.283. The molecule has 0 N–H and O–H groups in total. The molecule has 1 fully saturated rings. The molecule has 0 bridgehead atoms. The average molecular weight is 1290 g/mol. The standard InChI is InChI=1S/C60H61O22P5/c1-44(61)77-55-56(78-83(62,67-34-45-20-6-2-7-21-45)68-35-46-22-8-3-9-23-46)59(81-86(65)73-40-51-30-16-17-31-52(51)41-74-86)60(82-87(66)75-42-53-32-18-19-33-54(53)43-76-87)58(57(55)79-85(64)71-38-49-28-14-15-29-50(49)39-72-85)80-84(63,69-36-47-24-10-4-11-25-47)70-37-48-26-12-5-13-27-48/h2-33,55-60H,34-43H2,1H3/t55-,56+,57-,58+,59-,60-/m1/s1. The first-order chi connectivity index (χ1) is 42.1. The van der Waals surface area contributed by atoms with E-state index in [2.05, 4.69) is 0 Å². The Kier molecular flexibility index (Phi) is 20.7. The highest BCUT2D eigenvalue weighted by Gasteiger charge is 2.65. The SMILES string of the molecule is CC(=O)O[C@H]1[C@@H](OP2(=O)OCc3ccccc3CO2)[C@H](OP(=O)(OCc2ccccc2)OCc2ccccc2)[C@@H](OP2(=O)OCc3ccccc3CO2)[C@H](OP2(=O)OCc3ccccc3CO2)[C@H]1OP(=O)(OCc1ccccc1)OCc1ccccc1. The van der Waals surface area contributed by atoms with Crippen molar-refractivity contribution in [2.45, 2.75) is 110 Å². The molecule has 0 amide bonds. The van der Waals surface area contributed by atoms with Crippen LogP contribution in [0.3, 0.4) is 0 Å². The molecule has 1 aliphatic carbocycles. The lowest BCUT2D eigenvalue weighted by molar-refractivity contribution is -0.222. The van der Waals surface area contributed by atoms with Gasteiger partial charge in [-0.1, -0.05) is 194 Å². The van der Waals surface area contributed by atoms with E-state index < -0.39 is 108 Å². The second-order valence-corrected chi connectivity index (χ2v) is 28.3. The number of hydrogen-bond acceptors (Lipinski definition) is 22. The molecule has 3 aliphatic heterocycles. The monoisotopic (exact) mass is 1290 g/mol. The van der Waals surface area contributed by atoms with E-state index in [0.29, 0.717) is 55.6 Å². The number of carbonyl (C=O) groups excluding carboxylic acids is 1. The van der Waals surface area contributed by atoms with Crippen LogP contribution in [0, 0.1) is 0 Å². The molecule has 1 saturated carbocycles. The van der Waals surface area contributed by atoms with Gasteiger partial charge in [0.1, 0.15) is 30.5 Å². The first-order valence-corrected chi connectivity index (χ1v) is 34.8. The van der Waals surface area contributed by atoms with E-state index in [4.69, 9.17) is 72.6 Å². The van der Waals surface area contributed by atoms with Crippen molar-refractivity contribution in [3.63, 3.8) is 0 Å². The normalized spacial score (nSPS) is 22.4. The van der Waals surface area contributed by atoms with Gasteiger partial charge in [-0.15, -0.1) is 0 Å². The zero-order valence-electron chi connectivity index (χ0n) is 46.7. The van der Waals surface area contributed by atoms with E-state index in [9.17, 15) is 4.79 Å². The molecule has 6 atom stereocenters. The lowest BCUT2D eigenvalue weighted by Crippen LogP contribution is -2.67. The van der Waals surface area contributed by atoms with Gasteiger partial charge >= 0.3 is 45.1 Å². The second kappa shape index (κ2) is 28.6. The van der Waals surface area contributed by atoms with Crippen LogP contribution >= 0.6 is 39.1 Å². The van der Waals surface area contributed by atoms with Crippen LogP contribution < -0.4 is 0 Å². The Morgan fingerprint density at radius 1 is 0.356 bits per heavy atom. The van der Waals surface area contributed by atoms with Gasteiger partial charge in [0.2, 0.25) is 0 Å². The molecule has 11 rings (SSSR count). The highest BCUT2D eigenvalue weighted by molar-refractivity contribution is 7.49. The Morgan fingerprint density at radius 2 is 0.575 bits per heavy atom. The summed E-state index contributed by atoms with van der Waals surface area (Å²) in [7, 11) is -25.9. The first kappa shape index (κ1) is 63.1. The number of phosphoric ester groups is 5. The maximum absolute atomic E-state index is 16.1. The molecule has 27 heteroatoms. The van der Waals surface area contributed by atoms with Crippen molar-refractivity contribution in [3.05, 3.63) is 250 Å². The van der Waals surface area contributed by atoms with Crippen molar-refractivity contribution >= 4 is 45.1 Å². The summed E-state index contributed by atoms with van der Waals surface area (Å²) in [6.07, 6.45) is -14.0. The number of rotatable bonds is 23. The van der Waals surface area contributed by atoms with Crippen molar-refractivity contribution in [2.24, 2.45) is 0 Å². The number of carbonyl (C=O) groups is 1. The Morgan fingerprint density at radius 3 is 0.816 bits per heavy atom. The van der Waals surface area contributed by atoms with Crippen LogP contribution in [0.5, 0.6) is 0 Å². The molecule has 0 spiro atoms. The predicted molar refractivity (Wildman–Crippen MR) is 311 cm³/mol. The van der Waals surface area contributed by atoms with Crippen molar-refractivity contribution < 1.29 is 100 Å². The average Bonchev–Trinajstić information content (AvgIpc) is 1.24. The molecule has 4 aliphatic rings. The second-order valence-electron chi connectivity index (χ2n) is 20.1. The third-order valence-electron chi connectivity index (χ3n) is 14.1. The molecule has 0 radical (unpaired) electrons. The van der Waals surface area contributed by atoms with E-state index in [0.717, 1.165) is 6.92 Å². The molecule has 458 valence electrons. The van der Waals surface area contributed by atoms with Gasteiger partial charge in [-0.3, -0.25) is 72.7 Å². The van der Waals surface area contributed by atoms with Crippen LogP contribution in [0.15, 0.2) is 194 Å². The van der Waals surface area contributed by atoms with E-state index in [1.165, 1.54) is 0 Å². The summed E-state index contributed by atoms with van der Waals surface area (Å²) in [5, 5.41) is 0. The molecule has 7 aromatic carbocycles. The first-order valence-electron chi connectivity index (χ1n) is 27.5. The Labute approximate surface area is 502 Å². The highest BCUT2D eigenvalue weighted by Crippen LogP contribution is 2.65. The van der Waals surface area contributed by atoms with Gasteiger partial charge in [0.05, 0.1) is 66.1 Å². The zero-order chi connectivity index (χ0) is 60.3. The molecule has 0 unspecified atom stereocenters. The van der Waals surface area contributed by atoms with Crippen LogP contribution in [0.1, 0.15) is 62.6 Å². The summed E-state index contributed by atoms with van der Waals surface area (Å²) < 4.78 is 179. The number of hydrogen-bond donors (Lipinski definition) is 0. The van der Waals surface area contributed by atoms with E-state index in [-0.39, 0.29) is 39.6 Å². The van der Waals surface area contributed by atoms with Crippen molar-refractivity contribution in [1.29, 1.82) is 0 Å². The Bertz CT molecular complexity index is 3510. The van der Waals surface area contributed by atoms with Crippen LogP contribution in [0.2, 0.25) is 0 Å². The maximum Gasteiger partial charge on any atom is 0.475 e. The van der Waals surface area contributed by atoms with Gasteiger partial charge < -0.3 is 4.74 Å². The summed E-state index contributed by atoms with van der Waals surface area (Å²) in [6, 6.07) is 54.8. The van der Waals surface area contributed by atoms with E-state index in [1.807, 2.05) is 0 Å². The number of esters is 1. The summed E-state index contributed by atoms with van der Waals surface area (Å²) in [4.78, 5) is 14.0. The topological polar surface area (TPSA) is 250 Å². The van der Waals surface area contributed by atoms with Crippen LogP contribution in [-0.4, -0.2) is 42.6 Å². The lowest BCUT2D eigenvalue weighted by atomic mass is 9.85. The molecule has 7 aromatic rings. The smallest absolute Gasteiger partial charge is 0.457 e. The fourth-order valence-electron chi connectivity index (χ4n) is 9.60. The molecule has 87 heavy (non-hydrogen) atoms. The fourth-order valence-corrected chi connectivity index (χ4v) is 16.3. The third kappa shape index (κ3) is 16.7. The quantitative estimate of drug-likeness (QED) is 0.0426. The van der Waals surface area contributed by atoms with Crippen LogP contribution in [0.25, 0.3) is 0 Å². The zero-order valence-corrected chi connectivity index (χ0v) is 51.2. The third-order valence-corrected chi connectivity index (χ3v) is 21.0. The van der Waals surface area contributed by atoms with E-state index in [1.54, 1.807) is 194 Å². The minimum atomic E-state index is -5.28. The number of ether oxygens (including phenoxy) is 1. The van der Waals surface area contributed by atoms with Gasteiger partial charge in [-0.05, 0) is 55.6 Å². The number of fused-ring (bicyclic) bond motifs is 3. The molecule has 0 aromatic heterocycles. The Hall–Kier alpha value is -5.44. The molecule has 3 heterocycles. The molecular weight excluding hydrogens is 1230 g/mol. The van der Waals surface area contributed by atoms with E-state index >= 15 is 22.8 Å². The molecular formula is C60H61O22P5. The lowest BCUT2D eigenvalue weighted by Gasteiger charge is -2.49.